The van der Waals surface area contributed by atoms with Gasteiger partial charge < -0.3 is 9.84 Å². The predicted octanol–water partition coefficient (Wildman–Crippen LogP) is 13.3. The van der Waals surface area contributed by atoms with E-state index in [9.17, 15) is 9.59 Å². The SMILES string of the molecule is CCCCCCCCCCCCCCCCCCCCCC(=O)OC(CC)CCCCCCCCCCCCCC(=O)O. The molecule has 0 heterocycles. The first kappa shape index (κ1) is 41.9. The van der Waals surface area contributed by atoms with Gasteiger partial charge in [0.25, 0.3) is 0 Å². The number of ether oxygens (including phenoxy) is 1. The second kappa shape index (κ2) is 35.4. The third-order valence-electron chi connectivity index (χ3n) is 9.15. The second-order valence-corrected chi connectivity index (χ2v) is 13.5. The van der Waals surface area contributed by atoms with Crippen molar-refractivity contribution in [2.45, 2.75) is 238 Å². The number of hydrogen-bond acceptors (Lipinski definition) is 3. The van der Waals surface area contributed by atoms with Gasteiger partial charge in [-0.1, -0.05) is 187 Å². The van der Waals surface area contributed by atoms with Gasteiger partial charge in [0.05, 0.1) is 0 Å². The molecule has 0 amide bonds. The van der Waals surface area contributed by atoms with Crippen molar-refractivity contribution in [3.05, 3.63) is 0 Å². The van der Waals surface area contributed by atoms with Gasteiger partial charge in [-0.25, -0.2) is 0 Å². The smallest absolute Gasteiger partial charge is 0.306 e. The molecule has 1 unspecified atom stereocenters. The Hall–Kier alpha value is -1.06. The molecule has 0 aliphatic heterocycles. The van der Waals surface area contributed by atoms with Crippen molar-refractivity contribution in [2.75, 3.05) is 0 Å². The van der Waals surface area contributed by atoms with Crippen LogP contribution in [0.5, 0.6) is 0 Å². The van der Waals surface area contributed by atoms with Crippen LogP contribution in [0.1, 0.15) is 232 Å². The Morgan fingerprint density at radius 2 is 0.744 bits per heavy atom. The minimum Gasteiger partial charge on any atom is -0.481 e. The summed E-state index contributed by atoms with van der Waals surface area (Å²) in [6.07, 6.45) is 42.2. The summed E-state index contributed by atoms with van der Waals surface area (Å²) in [5, 5.41) is 8.65. The Bertz CT molecular complexity index is 576. The topological polar surface area (TPSA) is 63.6 Å². The van der Waals surface area contributed by atoms with Crippen LogP contribution < -0.4 is 0 Å². The maximum Gasteiger partial charge on any atom is 0.306 e. The molecular formula is C39H76O4. The van der Waals surface area contributed by atoms with Crippen molar-refractivity contribution in [1.82, 2.24) is 0 Å². The highest BCUT2D eigenvalue weighted by Gasteiger charge is 2.12. The lowest BCUT2D eigenvalue weighted by molar-refractivity contribution is -0.149. The normalized spacial score (nSPS) is 12.0. The average Bonchev–Trinajstić information content (AvgIpc) is 2.99. The lowest BCUT2D eigenvalue weighted by Crippen LogP contribution is -2.17. The number of esters is 1. The summed E-state index contributed by atoms with van der Waals surface area (Å²) in [6, 6.07) is 0. The molecule has 4 heteroatoms. The third kappa shape index (κ3) is 35.3. The Morgan fingerprint density at radius 3 is 1.07 bits per heavy atom. The molecule has 0 saturated heterocycles. The third-order valence-corrected chi connectivity index (χ3v) is 9.15. The monoisotopic (exact) mass is 609 g/mol. The molecule has 0 fully saturated rings. The number of unbranched alkanes of at least 4 members (excludes halogenated alkanes) is 28. The molecule has 0 aliphatic carbocycles. The fourth-order valence-corrected chi connectivity index (χ4v) is 6.18. The van der Waals surface area contributed by atoms with E-state index in [-0.39, 0.29) is 12.1 Å². The van der Waals surface area contributed by atoms with Gasteiger partial charge in [0, 0.05) is 12.8 Å². The van der Waals surface area contributed by atoms with Crippen LogP contribution >= 0.6 is 0 Å². The number of carboxylic acid groups (broad SMARTS) is 1. The maximum atomic E-state index is 12.3. The van der Waals surface area contributed by atoms with Crippen LogP contribution in [0.25, 0.3) is 0 Å². The first-order valence-electron chi connectivity index (χ1n) is 19.5. The van der Waals surface area contributed by atoms with Crippen molar-refractivity contribution in [3.63, 3.8) is 0 Å². The average molecular weight is 609 g/mol. The lowest BCUT2D eigenvalue weighted by Gasteiger charge is -2.16. The van der Waals surface area contributed by atoms with Crippen LogP contribution in [0.3, 0.4) is 0 Å². The van der Waals surface area contributed by atoms with E-state index in [1.165, 1.54) is 161 Å². The number of carbonyl (C=O) groups excluding carboxylic acids is 1. The minimum atomic E-state index is -0.672. The number of rotatable bonds is 36. The number of aliphatic carboxylic acids is 1. The molecule has 1 N–H and O–H groups in total. The lowest BCUT2D eigenvalue weighted by atomic mass is 10.0. The molecule has 0 aromatic heterocycles. The van der Waals surface area contributed by atoms with E-state index < -0.39 is 5.97 Å². The largest absolute Gasteiger partial charge is 0.481 e. The molecule has 0 rings (SSSR count). The summed E-state index contributed by atoms with van der Waals surface area (Å²) in [5.74, 6) is -0.656. The molecule has 0 saturated carbocycles. The fourth-order valence-electron chi connectivity index (χ4n) is 6.18. The van der Waals surface area contributed by atoms with Gasteiger partial charge in [-0.05, 0) is 32.1 Å². The van der Waals surface area contributed by atoms with E-state index in [2.05, 4.69) is 13.8 Å². The summed E-state index contributed by atoms with van der Waals surface area (Å²) in [4.78, 5) is 22.8. The summed E-state index contributed by atoms with van der Waals surface area (Å²) >= 11 is 0. The molecule has 0 aromatic rings. The molecule has 0 radical (unpaired) electrons. The maximum absolute atomic E-state index is 12.3. The van der Waals surface area contributed by atoms with E-state index in [1.54, 1.807) is 0 Å². The summed E-state index contributed by atoms with van der Waals surface area (Å²) < 4.78 is 5.78. The molecular weight excluding hydrogens is 532 g/mol. The summed E-state index contributed by atoms with van der Waals surface area (Å²) in [6.45, 7) is 4.43. The van der Waals surface area contributed by atoms with Crippen LogP contribution in [-0.2, 0) is 14.3 Å². The Kier molecular flexibility index (Phi) is 34.5. The van der Waals surface area contributed by atoms with Crippen molar-refractivity contribution < 1.29 is 19.4 Å². The highest BCUT2D eigenvalue weighted by molar-refractivity contribution is 5.69. The van der Waals surface area contributed by atoms with E-state index in [4.69, 9.17) is 9.84 Å². The van der Waals surface area contributed by atoms with E-state index >= 15 is 0 Å². The highest BCUT2D eigenvalue weighted by atomic mass is 16.5. The Balaban J connectivity index is 3.37. The quantitative estimate of drug-likeness (QED) is 0.0567. The number of carbonyl (C=O) groups is 2. The van der Waals surface area contributed by atoms with Gasteiger partial charge in [-0.3, -0.25) is 9.59 Å². The van der Waals surface area contributed by atoms with Gasteiger partial charge in [0.1, 0.15) is 6.10 Å². The van der Waals surface area contributed by atoms with Gasteiger partial charge in [0.15, 0.2) is 0 Å². The standard InChI is InChI=1S/C39H76O4/c1-3-5-6-7-8-9-10-11-12-13-14-15-16-17-21-24-27-30-33-36-39(42)43-37(4-2)34-31-28-25-22-19-18-20-23-26-29-32-35-38(40)41/h37H,3-36H2,1-2H3,(H,40,41). The molecule has 4 nitrogen and oxygen atoms in total. The summed E-state index contributed by atoms with van der Waals surface area (Å²) in [7, 11) is 0. The fraction of sp³-hybridized carbons (Fsp3) is 0.949. The molecule has 0 bridgehead atoms. The van der Waals surface area contributed by atoms with Crippen molar-refractivity contribution >= 4 is 11.9 Å². The first-order chi connectivity index (χ1) is 21.1. The van der Waals surface area contributed by atoms with Gasteiger partial charge in [-0.15, -0.1) is 0 Å². The zero-order chi connectivity index (χ0) is 31.5. The molecule has 0 spiro atoms. The van der Waals surface area contributed by atoms with E-state index in [1.807, 2.05) is 0 Å². The highest BCUT2D eigenvalue weighted by Crippen LogP contribution is 2.17. The van der Waals surface area contributed by atoms with E-state index in [0.717, 1.165) is 44.9 Å². The van der Waals surface area contributed by atoms with Gasteiger partial charge >= 0.3 is 11.9 Å². The second-order valence-electron chi connectivity index (χ2n) is 13.5. The van der Waals surface area contributed by atoms with E-state index in [0.29, 0.717) is 12.8 Å². The molecule has 256 valence electrons. The molecule has 43 heavy (non-hydrogen) atoms. The zero-order valence-corrected chi connectivity index (χ0v) is 29.3. The minimum absolute atomic E-state index is 0.0155. The van der Waals surface area contributed by atoms with Gasteiger partial charge in [-0.2, -0.15) is 0 Å². The van der Waals surface area contributed by atoms with Gasteiger partial charge in [0.2, 0.25) is 0 Å². The molecule has 0 aliphatic rings. The number of carboxylic acids is 1. The van der Waals surface area contributed by atoms with Crippen LogP contribution in [0.4, 0.5) is 0 Å². The van der Waals surface area contributed by atoms with Crippen molar-refractivity contribution in [1.29, 1.82) is 0 Å². The van der Waals surface area contributed by atoms with Crippen molar-refractivity contribution in [3.8, 4) is 0 Å². The molecule has 1 atom stereocenters. The number of hydrogen-bond donors (Lipinski definition) is 1. The Morgan fingerprint density at radius 1 is 0.442 bits per heavy atom. The predicted molar refractivity (Wildman–Crippen MR) is 186 cm³/mol. The van der Waals surface area contributed by atoms with Crippen LogP contribution in [0.2, 0.25) is 0 Å². The van der Waals surface area contributed by atoms with Crippen LogP contribution in [-0.4, -0.2) is 23.1 Å². The van der Waals surface area contributed by atoms with Crippen molar-refractivity contribution in [2.24, 2.45) is 0 Å². The summed E-state index contributed by atoms with van der Waals surface area (Å²) in [5.41, 5.74) is 0. The zero-order valence-electron chi connectivity index (χ0n) is 29.3. The Labute approximate surface area is 269 Å². The van der Waals surface area contributed by atoms with Crippen LogP contribution in [0.15, 0.2) is 0 Å². The molecule has 0 aromatic carbocycles. The van der Waals surface area contributed by atoms with Crippen LogP contribution in [0, 0.1) is 0 Å². The first-order valence-corrected chi connectivity index (χ1v) is 19.5.